The van der Waals surface area contributed by atoms with Gasteiger partial charge in [-0.3, -0.25) is 4.79 Å². The van der Waals surface area contributed by atoms with Gasteiger partial charge in [0.25, 0.3) is 0 Å². The molecule has 0 N–H and O–H groups in total. The molecule has 0 amide bonds. The molecule has 2 rings (SSSR count). The summed E-state index contributed by atoms with van der Waals surface area (Å²) in [6, 6.07) is 7.70. The first-order chi connectivity index (χ1) is 7.70. The van der Waals surface area contributed by atoms with E-state index in [2.05, 4.69) is 6.58 Å². The van der Waals surface area contributed by atoms with Crippen LogP contribution in [0.5, 0.6) is 0 Å². The quantitative estimate of drug-likeness (QED) is 0.571. The van der Waals surface area contributed by atoms with E-state index in [1.54, 1.807) is 6.08 Å². The number of fused-ring (bicyclic) bond motifs is 1. The summed E-state index contributed by atoms with van der Waals surface area (Å²) in [6.07, 6.45) is 2.89. The molecule has 2 aromatic rings. The molecule has 1 aromatic carbocycles. The molecule has 1 aromatic heterocycles. The van der Waals surface area contributed by atoms with Gasteiger partial charge in [0, 0.05) is 11.8 Å². The van der Waals surface area contributed by atoms with Crippen molar-refractivity contribution in [1.82, 2.24) is 0 Å². The van der Waals surface area contributed by atoms with Crippen LogP contribution >= 0.6 is 0 Å². The monoisotopic (exact) mass is 214 g/mol. The second kappa shape index (κ2) is 4.35. The lowest BCUT2D eigenvalue weighted by molar-refractivity contribution is 0.0959. The maximum absolute atomic E-state index is 11.7. The number of aryl methyl sites for hydroxylation is 1. The number of allylic oxidation sites excluding steroid dienone is 1. The maximum Gasteiger partial charge on any atom is 0.198 e. The smallest absolute Gasteiger partial charge is 0.198 e. The third-order valence-corrected chi connectivity index (χ3v) is 2.52. The van der Waals surface area contributed by atoms with Crippen molar-refractivity contribution in [2.75, 3.05) is 0 Å². The van der Waals surface area contributed by atoms with Crippen LogP contribution in [0, 0.1) is 6.92 Å². The molecule has 0 aliphatic carbocycles. The molecular formula is C14H14O2. The first-order valence-corrected chi connectivity index (χ1v) is 5.35. The first kappa shape index (κ1) is 10.7. The van der Waals surface area contributed by atoms with E-state index in [4.69, 9.17) is 4.42 Å². The fourth-order valence-corrected chi connectivity index (χ4v) is 1.66. The van der Waals surface area contributed by atoms with E-state index in [0.717, 1.165) is 11.0 Å². The van der Waals surface area contributed by atoms with E-state index < -0.39 is 0 Å². The highest BCUT2D eigenvalue weighted by Crippen LogP contribution is 2.21. The molecule has 2 heteroatoms. The average Bonchev–Trinajstić information content (AvgIpc) is 2.68. The van der Waals surface area contributed by atoms with E-state index in [-0.39, 0.29) is 5.78 Å². The Bertz CT molecular complexity index is 535. The van der Waals surface area contributed by atoms with Crippen LogP contribution in [0.1, 0.15) is 29.0 Å². The molecule has 0 saturated carbocycles. The van der Waals surface area contributed by atoms with Crippen LogP contribution in [0.2, 0.25) is 0 Å². The Morgan fingerprint density at radius 3 is 3.00 bits per heavy atom. The summed E-state index contributed by atoms with van der Waals surface area (Å²) in [7, 11) is 0. The third kappa shape index (κ3) is 2.06. The minimum absolute atomic E-state index is 0.0359. The van der Waals surface area contributed by atoms with Crippen molar-refractivity contribution in [3.8, 4) is 0 Å². The molecule has 0 spiro atoms. The average molecular weight is 214 g/mol. The summed E-state index contributed by atoms with van der Waals surface area (Å²) < 4.78 is 5.50. The normalized spacial score (nSPS) is 10.6. The number of furan rings is 1. The van der Waals surface area contributed by atoms with Gasteiger partial charge in [0.2, 0.25) is 0 Å². The minimum Gasteiger partial charge on any atom is -0.453 e. The molecule has 82 valence electrons. The van der Waals surface area contributed by atoms with Gasteiger partial charge in [-0.05, 0) is 31.5 Å². The largest absolute Gasteiger partial charge is 0.453 e. The lowest BCUT2D eigenvalue weighted by Crippen LogP contribution is -1.94. The fraction of sp³-hybridized carbons (Fsp3) is 0.214. The zero-order valence-electron chi connectivity index (χ0n) is 9.32. The van der Waals surface area contributed by atoms with Crippen LogP contribution in [0.25, 0.3) is 11.0 Å². The van der Waals surface area contributed by atoms with Gasteiger partial charge in [0.15, 0.2) is 11.5 Å². The molecule has 0 bridgehead atoms. The number of carbonyl (C=O) groups excluding carboxylic acids is 1. The van der Waals surface area contributed by atoms with Crippen molar-refractivity contribution < 1.29 is 9.21 Å². The topological polar surface area (TPSA) is 30.2 Å². The summed E-state index contributed by atoms with van der Waals surface area (Å²) in [6.45, 7) is 5.62. The SMILES string of the molecule is C=CCCC(=O)c1cc2cc(C)ccc2o1. The van der Waals surface area contributed by atoms with Crippen LogP contribution in [-0.2, 0) is 0 Å². The van der Waals surface area contributed by atoms with Crippen molar-refractivity contribution in [3.63, 3.8) is 0 Å². The predicted molar refractivity (Wildman–Crippen MR) is 64.7 cm³/mol. The Balaban J connectivity index is 2.32. The van der Waals surface area contributed by atoms with Crippen molar-refractivity contribution in [2.45, 2.75) is 19.8 Å². The number of hydrogen-bond donors (Lipinski definition) is 0. The fourth-order valence-electron chi connectivity index (χ4n) is 1.66. The number of rotatable bonds is 4. The number of hydrogen-bond acceptors (Lipinski definition) is 2. The molecule has 16 heavy (non-hydrogen) atoms. The predicted octanol–water partition coefficient (Wildman–Crippen LogP) is 3.89. The van der Waals surface area contributed by atoms with Crippen LogP contribution in [0.3, 0.4) is 0 Å². The molecule has 0 fully saturated rings. The van der Waals surface area contributed by atoms with Gasteiger partial charge in [-0.25, -0.2) is 0 Å². The highest BCUT2D eigenvalue weighted by molar-refractivity contribution is 5.97. The van der Waals surface area contributed by atoms with E-state index in [1.165, 1.54) is 5.56 Å². The van der Waals surface area contributed by atoms with E-state index in [9.17, 15) is 4.79 Å². The number of carbonyl (C=O) groups is 1. The molecule has 0 unspecified atom stereocenters. The van der Waals surface area contributed by atoms with Gasteiger partial charge in [0.1, 0.15) is 5.58 Å². The summed E-state index contributed by atoms with van der Waals surface area (Å²) in [4.78, 5) is 11.7. The first-order valence-electron chi connectivity index (χ1n) is 5.35. The molecule has 1 heterocycles. The standard InChI is InChI=1S/C14H14O2/c1-3-4-5-12(15)14-9-11-8-10(2)6-7-13(11)16-14/h3,6-9H,1,4-5H2,2H3. The lowest BCUT2D eigenvalue weighted by Gasteiger charge is -1.92. The van der Waals surface area contributed by atoms with Crippen LogP contribution in [-0.4, -0.2) is 5.78 Å². The van der Waals surface area contributed by atoms with Gasteiger partial charge in [-0.2, -0.15) is 0 Å². The molecule has 0 saturated heterocycles. The Morgan fingerprint density at radius 2 is 2.25 bits per heavy atom. The minimum atomic E-state index is 0.0359. The van der Waals surface area contributed by atoms with E-state index in [1.807, 2.05) is 31.2 Å². The summed E-state index contributed by atoms with van der Waals surface area (Å²) in [5.74, 6) is 0.483. The van der Waals surface area contributed by atoms with Crippen LogP contribution in [0.15, 0.2) is 41.3 Å². The van der Waals surface area contributed by atoms with Crippen molar-refractivity contribution in [3.05, 3.63) is 48.2 Å². The Labute approximate surface area is 94.6 Å². The second-order valence-electron chi connectivity index (χ2n) is 3.90. The summed E-state index contributed by atoms with van der Waals surface area (Å²) in [5, 5.41) is 0.988. The number of Topliss-reactive ketones (excluding diaryl/α,β-unsaturated/α-hetero) is 1. The Kier molecular flexibility index (Phi) is 2.91. The maximum atomic E-state index is 11.7. The van der Waals surface area contributed by atoms with Crippen molar-refractivity contribution >= 4 is 16.8 Å². The molecule has 0 radical (unpaired) electrons. The van der Waals surface area contributed by atoms with E-state index >= 15 is 0 Å². The number of ketones is 1. The molecule has 0 aliphatic rings. The molecular weight excluding hydrogens is 200 g/mol. The van der Waals surface area contributed by atoms with Crippen LogP contribution in [0.4, 0.5) is 0 Å². The zero-order chi connectivity index (χ0) is 11.5. The van der Waals surface area contributed by atoms with Crippen LogP contribution < -0.4 is 0 Å². The summed E-state index contributed by atoms with van der Waals surface area (Å²) >= 11 is 0. The van der Waals surface area contributed by atoms with Crippen molar-refractivity contribution in [2.24, 2.45) is 0 Å². The summed E-state index contributed by atoms with van der Waals surface area (Å²) in [5.41, 5.74) is 1.94. The second-order valence-corrected chi connectivity index (χ2v) is 3.90. The van der Waals surface area contributed by atoms with Gasteiger partial charge in [-0.1, -0.05) is 17.7 Å². The molecule has 0 aliphatic heterocycles. The molecule has 2 nitrogen and oxygen atoms in total. The zero-order valence-corrected chi connectivity index (χ0v) is 9.32. The Morgan fingerprint density at radius 1 is 1.44 bits per heavy atom. The van der Waals surface area contributed by atoms with Gasteiger partial charge in [0.05, 0.1) is 0 Å². The van der Waals surface area contributed by atoms with E-state index in [0.29, 0.717) is 18.6 Å². The van der Waals surface area contributed by atoms with Gasteiger partial charge in [-0.15, -0.1) is 6.58 Å². The lowest BCUT2D eigenvalue weighted by atomic mass is 10.1. The third-order valence-electron chi connectivity index (χ3n) is 2.52. The van der Waals surface area contributed by atoms with Gasteiger partial charge < -0.3 is 4.42 Å². The van der Waals surface area contributed by atoms with Crippen molar-refractivity contribution in [1.29, 1.82) is 0 Å². The number of benzene rings is 1. The highest BCUT2D eigenvalue weighted by atomic mass is 16.3. The highest BCUT2D eigenvalue weighted by Gasteiger charge is 2.11. The van der Waals surface area contributed by atoms with Gasteiger partial charge >= 0.3 is 0 Å². The Hall–Kier alpha value is -1.83. The molecule has 0 atom stereocenters.